The Morgan fingerprint density at radius 1 is 1.83 bits per heavy atom. The zero-order valence-electron chi connectivity index (χ0n) is 6.66. The first kappa shape index (κ1) is 9.02. The summed E-state index contributed by atoms with van der Waals surface area (Å²) in [6.45, 7) is 1.92. The van der Waals surface area contributed by atoms with E-state index in [2.05, 4.69) is 9.97 Å². The smallest absolute Gasteiger partial charge is 0.130 e. The third-order valence-electron chi connectivity index (χ3n) is 1.24. The summed E-state index contributed by atoms with van der Waals surface area (Å²) >= 11 is 0.906. The van der Waals surface area contributed by atoms with Gasteiger partial charge in [0.2, 0.25) is 0 Å². The van der Waals surface area contributed by atoms with Crippen LogP contribution in [0.3, 0.4) is 0 Å². The van der Waals surface area contributed by atoms with Gasteiger partial charge in [0, 0.05) is 11.9 Å². The van der Waals surface area contributed by atoms with E-state index in [1.54, 1.807) is 18.3 Å². The number of hydrogen-bond acceptors (Lipinski definition) is 4. The molecule has 4 N–H and O–H groups in total. The van der Waals surface area contributed by atoms with Gasteiger partial charge in [-0.05, 0) is 31.0 Å². The molecule has 0 radical (unpaired) electrons. The number of hydrogen-bond donors (Lipinski definition) is 3. The van der Waals surface area contributed by atoms with Crippen molar-refractivity contribution in [2.24, 2.45) is 5.14 Å². The Morgan fingerprint density at radius 2 is 2.58 bits per heavy atom. The van der Waals surface area contributed by atoms with Crippen molar-refractivity contribution in [3.05, 3.63) is 23.8 Å². The summed E-state index contributed by atoms with van der Waals surface area (Å²) in [5.41, 5.74) is 1.00. The minimum absolute atomic E-state index is 0.309. The molecule has 1 rings (SSSR count). The largest absolute Gasteiger partial charge is 0.343 e. The topological polar surface area (TPSA) is 78.6 Å². The molecule has 0 atom stereocenters. The number of rotatable bonds is 2. The predicted octanol–water partition coefficient (Wildman–Crippen LogP) is 1.32. The van der Waals surface area contributed by atoms with E-state index in [9.17, 15) is 0 Å². The zero-order valence-corrected chi connectivity index (χ0v) is 7.48. The van der Waals surface area contributed by atoms with Crippen molar-refractivity contribution < 1.29 is 0 Å². The number of nitrogens with one attached hydrogen (secondary N) is 2. The molecule has 0 aliphatic rings. The van der Waals surface area contributed by atoms with Crippen LogP contribution < -0.4 is 5.14 Å². The van der Waals surface area contributed by atoms with Gasteiger partial charge < -0.3 is 4.98 Å². The fourth-order valence-electron chi connectivity index (χ4n) is 0.712. The molecular formula is C7H10N4S. The van der Waals surface area contributed by atoms with E-state index in [0.29, 0.717) is 5.04 Å². The van der Waals surface area contributed by atoms with Crippen molar-refractivity contribution in [2.45, 2.75) is 6.92 Å². The minimum atomic E-state index is 0.309. The lowest BCUT2D eigenvalue weighted by Gasteiger charge is -1.87. The molecule has 0 spiro atoms. The van der Waals surface area contributed by atoms with E-state index in [1.807, 2.05) is 6.92 Å². The highest BCUT2D eigenvalue weighted by atomic mass is 32.2. The number of imidazole rings is 1. The summed E-state index contributed by atoms with van der Waals surface area (Å²) in [7, 11) is 0. The predicted molar refractivity (Wildman–Crippen MR) is 51.9 cm³/mol. The van der Waals surface area contributed by atoms with Gasteiger partial charge in [-0.2, -0.15) is 0 Å². The van der Waals surface area contributed by atoms with Crippen LogP contribution in [0.4, 0.5) is 0 Å². The molecule has 0 aliphatic carbocycles. The summed E-state index contributed by atoms with van der Waals surface area (Å²) in [6, 6.07) is 0. The van der Waals surface area contributed by atoms with Crippen LogP contribution in [-0.4, -0.2) is 15.0 Å². The summed E-state index contributed by atoms with van der Waals surface area (Å²) in [4.78, 5) is 7.04. The van der Waals surface area contributed by atoms with Crippen molar-refractivity contribution in [3.63, 3.8) is 0 Å². The van der Waals surface area contributed by atoms with Gasteiger partial charge in [0.25, 0.3) is 0 Å². The lowest BCUT2D eigenvalue weighted by molar-refractivity contribution is 1.22. The van der Waals surface area contributed by atoms with Gasteiger partial charge in [-0.15, -0.1) is 0 Å². The quantitative estimate of drug-likeness (QED) is 0.366. The Balaban J connectivity index is 2.63. The lowest BCUT2D eigenvalue weighted by Crippen LogP contribution is -1.88. The average Bonchev–Trinajstić information content (AvgIpc) is 2.47. The Morgan fingerprint density at radius 3 is 3.08 bits per heavy atom. The van der Waals surface area contributed by atoms with E-state index >= 15 is 0 Å². The summed E-state index contributed by atoms with van der Waals surface area (Å²) in [5, 5.41) is 12.7. The van der Waals surface area contributed by atoms with Gasteiger partial charge in [-0.3, -0.25) is 10.5 Å². The molecule has 0 saturated carbocycles. The molecule has 4 nitrogen and oxygen atoms in total. The number of aryl methyl sites for hydroxylation is 1. The standard InChI is InChI=1S/C7H10N4S/c1-5-4-10-7(11-5)3-2-6(8)12-9/h2-4,8H,9H2,1H3,(H,10,11)/b3-2-,8-6?. The second-order valence-electron chi connectivity index (χ2n) is 2.27. The summed E-state index contributed by atoms with van der Waals surface area (Å²) in [5.74, 6) is 0.742. The van der Waals surface area contributed by atoms with Crippen LogP contribution in [0.5, 0.6) is 0 Å². The van der Waals surface area contributed by atoms with E-state index in [4.69, 9.17) is 10.5 Å². The third-order valence-corrected chi connectivity index (χ3v) is 1.63. The molecule has 12 heavy (non-hydrogen) atoms. The molecule has 0 bridgehead atoms. The average molecular weight is 182 g/mol. The summed E-state index contributed by atoms with van der Waals surface area (Å²) in [6.07, 6.45) is 5.05. The molecule has 0 aliphatic heterocycles. The molecular weight excluding hydrogens is 172 g/mol. The molecule has 0 unspecified atom stereocenters. The van der Waals surface area contributed by atoms with Gasteiger partial charge in [0.1, 0.15) is 10.9 Å². The van der Waals surface area contributed by atoms with Gasteiger partial charge in [0.15, 0.2) is 0 Å². The van der Waals surface area contributed by atoms with Crippen LogP contribution in [-0.2, 0) is 0 Å². The van der Waals surface area contributed by atoms with E-state index in [1.165, 1.54) is 0 Å². The number of aromatic nitrogens is 2. The third kappa shape index (κ3) is 2.52. The molecule has 1 heterocycles. The molecule has 1 aromatic heterocycles. The molecule has 1 aromatic rings. The highest BCUT2D eigenvalue weighted by Gasteiger charge is 1.91. The molecule has 0 amide bonds. The number of nitrogens with two attached hydrogens (primary N) is 1. The molecule has 0 aromatic carbocycles. The van der Waals surface area contributed by atoms with Crippen LogP contribution in [0.2, 0.25) is 0 Å². The normalized spacial score (nSPS) is 10.8. The second-order valence-corrected chi connectivity index (χ2v) is 2.94. The fourth-order valence-corrected chi connectivity index (χ4v) is 0.858. The fraction of sp³-hybridized carbons (Fsp3) is 0.143. The number of aromatic amines is 1. The van der Waals surface area contributed by atoms with E-state index in [-0.39, 0.29) is 0 Å². The Bertz CT molecular complexity index is 302. The van der Waals surface area contributed by atoms with Crippen LogP contribution in [0.1, 0.15) is 11.5 Å². The maximum absolute atomic E-state index is 7.20. The van der Waals surface area contributed by atoms with E-state index < -0.39 is 0 Å². The molecule has 64 valence electrons. The van der Waals surface area contributed by atoms with Crippen molar-refractivity contribution in [2.75, 3.05) is 0 Å². The van der Waals surface area contributed by atoms with Gasteiger partial charge in [0.05, 0.1) is 0 Å². The van der Waals surface area contributed by atoms with E-state index in [0.717, 1.165) is 23.5 Å². The van der Waals surface area contributed by atoms with Crippen molar-refractivity contribution in [1.29, 1.82) is 5.41 Å². The van der Waals surface area contributed by atoms with Crippen LogP contribution in [0.25, 0.3) is 6.08 Å². The SMILES string of the molecule is Cc1cnc(/C=C\C(=N)SN)[nH]1. The highest BCUT2D eigenvalue weighted by Crippen LogP contribution is 1.99. The Kier molecular flexibility index (Phi) is 3.07. The van der Waals surface area contributed by atoms with Crippen molar-refractivity contribution >= 4 is 23.1 Å². The maximum Gasteiger partial charge on any atom is 0.130 e. The Labute approximate surface area is 74.9 Å². The number of H-pyrrole nitrogens is 1. The van der Waals surface area contributed by atoms with Gasteiger partial charge in [-0.1, -0.05) is 0 Å². The van der Waals surface area contributed by atoms with Crippen molar-refractivity contribution in [1.82, 2.24) is 9.97 Å². The van der Waals surface area contributed by atoms with Crippen LogP contribution in [0, 0.1) is 12.3 Å². The first-order chi connectivity index (χ1) is 5.72. The molecule has 5 heteroatoms. The second kappa shape index (κ2) is 4.08. The van der Waals surface area contributed by atoms with Crippen molar-refractivity contribution in [3.8, 4) is 0 Å². The van der Waals surface area contributed by atoms with Gasteiger partial charge >= 0.3 is 0 Å². The summed E-state index contributed by atoms with van der Waals surface area (Å²) < 4.78 is 0. The molecule has 0 fully saturated rings. The Hall–Kier alpha value is -1.07. The zero-order chi connectivity index (χ0) is 8.97. The van der Waals surface area contributed by atoms with Gasteiger partial charge in [-0.25, -0.2) is 4.98 Å². The maximum atomic E-state index is 7.20. The number of nitrogens with zero attached hydrogens (tertiary/aromatic N) is 1. The first-order valence-corrected chi connectivity index (χ1v) is 4.25. The monoisotopic (exact) mass is 182 g/mol. The molecule has 0 saturated heterocycles. The van der Waals surface area contributed by atoms with Crippen LogP contribution in [0.15, 0.2) is 12.3 Å². The van der Waals surface area contributed by atoms with Crippen LogP contribution >= 0.6 is 11.9 Å². The lowest BCUT2D eigenvalue weighted by atomic mass is 10.5. The minimum Gasteiger partial charge on any atom is -0.343 e. The first-order valence-electron chi connectivity index (χ1n) is 3.37. The highest BCUT2D eigenvalue weighted by molar-refractivity contribution is 8.12.